The Morgan fingerprint density at radius 1 is 1.09 bits per heavy atom. The average molecular weight is 484 g/mol. The van der Waals surface area contributed by atoms with Crippen molar-refractivity contribution in [2.45, 2.75) is 51.3 Å². The summed E-state index contributed by atoms with van der Waals surface area (Å²) < 4.78 is 13.7. The average Bonchev–Trinajstić information content (AvgIpc) is 3.28. The number of nitrogens with zero attached hydrogens (tertiary/aromatic N) is 3. The standard InChI is InChI=1S/C27H34ClN3O3/c1-22-5-10-25(28)26(19-22)34-21-27(32)11-2-14-30(17-12-27)20-23-6-8-24(9-7-23)33-18-4-16-31-15-3-13-29-31/h3,5-10,13,15,19,32H,2,4,11-12,14,16-18,20-21H2,1H3/t27-/m1/s1. The quantitative estimate of drug-likeness (QED) is 0.406. The van der Waals surface area contributed by atoms with E-state index < -0.39 is 5.60 Å². The van der Waals surface area contributed by atoms with Crippen LogP contribution in [-0.2, 0) is 13.1 Å². The Morgan fingerprint density at radius 2 is 1.94 bits per heavy atom. The Morgan fingerprint density at radius 3 is 2.74 bits per heavy atom. The summed E-state index contributed by atoms with van der Waals surface area (Å²) in [5.41, 5.74) is 1.50. The van der Waals surface area contributed by atoms with Gasteiger partial charge in [-0.2, -0.15) is 5.10 Å². The summed E-state index contributed by atoms with van der Waals surface area (Å²) in [6.07, 6.45) is 7.00. The first kappa shape index (κ1) is 24.6. The molecule has 2 heterocycles. The Balaban J connectivity index is 1.21. The molecule has 0 amide bonds. The fourth-order valence-electron chi connectivity index (χ4n) is 4.27. The van der Waals surface area contributed by atoms with Crippen molar-refractivity contribution in [1.29, 1.82) is 0 Å². The molecule has 0 spiro atoms. The number of aryl methyl sites for hydroxylation is 2. The van der Waals surface area contributed by atoms with Gasteiger partial charge in [0, 0.05) is 38.4 Å². The third-order valence-corrected chi connectivity index (χ3v) is 6.59. The van der Waals surface area contributed by atoms with Gasteiger partial charge in [0.15, 0.2) is 0 Å². The molecule has 0 unspecified atom stereocenters. The van der Waals surface area contributed by atoms with Gasteiger partial charge < -0.3 is 14.6 Å². The summed E-state index contributed by atoms with van der Waals surface area (Å²) in [7, 11) is 0. The van der Waals surface area contributed by atoms with E-state index in [0.717, 1.165) is 56.8 Å². The second kappa shape index (κ2) is 11.7. The number of benzene rings is 2. The largest absolute Gasteiger partial charge is 0.494 e. The number of aliphatic hydroxyl groups is 1. The van der Waals surface area contributed by atoms with Gasteiger partial charge in [-0.05, 0) is 74.2 Å². The summed E-state index contributed by atoms with van der Waals surface area (Å²) in [6.45, 7) is 6.43. The molecule has 1 aromatic heterocycles. The van der Waals surface area contributed by atoms with Gasteiger partial charge in [0.1, 0.15) is 18.1 Å². The van der Waals surface area contributed by atoms with Crippen LogP contribution >= 0.6 is 11.6 Å². The van der Waals surface area contributed by atoms with Crippen molar-refractivity contribution in [2.75, 3.05) is 26.3 Å². The van der Waals surface area contributed by atoms with E-state index >= 15 is 0 Å². The summed E-state index contributed by atoms with van der Waals surface area (Å²) in [5, 5.41) is 15.9. The van der Waals surface area contributed by atoms with Gasteiger partial charge >= 0.3 is 0 Å². The SMILES string of the molecule is Cc1ccc(Cl)c(OC[C@@]2(O)CCCN(Cc3ccc(OCCCn4cccn4)cc3)CC2)c1. The van der Waals surface area contributed by atoms with Gasteiger partial charge in [-0.15, -0.1) is 0 Å². The normalized spacial score (nSPS) is 19.0. The number of likely N-dealkylation sites (tertiary alicyclic amines) is 1. The predicted molar refractivity (Wildman–Crippen MR) is 135 cm³/mol. The van der Waals surface area contributed by atoms with E-state index in [1.807, 2.05) is 54.2 Å². The van der Waals surface area contributed by atoms with Gasteiger partial charge in [-0.1, -0.05) is 29.8 Å². The van der Waals surface area contributed by atoms with Gasteiger partial charge in [0.25, 0.3) is 0 Å². The lowest BCUT2D eigenvalue weighted by Crippen LogP contribution is -2.37. The minimum Gasteiger partial charge on any atom is -0.494 e. The number of aromatic nitrogens is 2. The molecule has 1 fully saturated rings. The molecule has 0 bridgehead atoms. The molecule has 6 nitrogen and oxygen atoms in total. The van der Waals surface area contributed by atoms with Crippen LogP contribution < -0.4 is 9.47 Å². The van der Waals surface area contributed by atoms with Gasteiger partial charge in [0.05, 0.1) is 17.2 Å². The van der Waals surface area contributed by atoms with Crippen molar-refractivity contribution in [3.8, 4) is 11.5 Å². The molecule has 1 saturated heterocycles. The monoisotopic (exact) mass is 483 g/mol. The zero-order chi connectivity index (χ0) is 23.8. The number of ether oxygens (including phenoxy) is 2. The maximum atomic E-state index is 11.1. The van der Waals surface area contributed by atoms with E-state index in [2.05, 4.69) is 22.1 Å². The van der Waals surface area contributed by atoms with E-state index in [1.165, 1.54) is 5.56 Å². The minimum atomic E-state index is -0.838. The molecule has 3 aromatic rings. The molecule has 7 heteroatoms. The van der Waals surface area contributed by atoms with Crippen molar-refractivity contribution in [2.24, 2.45) is 0 Å². The topological polar surface area (TPSA) is 59.8 Å². The molecule has 182 valence electrons. The van der Waals surface area contributed by atoms with Gasteiger partial charge in [0.2, 0.25) is 0 Å². The van der Waals surface area contributed by atoms with Crippen LogP contribution in [0, 0.1) is 6.92 Å². The van der Waals surface area contributed by atoms with E-state index in [4.69, 9.17) is 21.1 Å². The Kier molecular flexibility index (Phi) is 8.48. The van der Waals surface area contributed by atoms with Crippen LogP contribution in [0.2, 0.25) is 5.02 Å². The molecular weight excluding hydrogens is 450 g/mol. The Labute approximate surface area is 207 Å². The smallest absolute Gasteiger partial charge is 0.138 e. The van der Waals surface area contributed by atoms with Crippen molar-refractivity contribution >= 4 is 11.6 Å². The summed E-state index contributed by atoms with van der Waals surface area (Å²) in [6, 6.07) is 16.0. The van der Waals surface area contributed by atoms with E-state index in [0.29, 0.717) is 23.8 Å². The molecule has 1 aliphatic rings. The van der Waals surface area contributed by atoms with Crippen LogP contribution in [-0.4, -0.2) is 51.7 Å². The Hall–Kier alpha value is -2.54. The molecule has 1 aliphatic heterocycles. The molecule has 1 N–H and O–H groups in total. The third kappa shape index (κ3) is 7.23. The first-order chi connectivity index (χ1) is 16.5. The zero-order valence-electron chi connectivity index (χ0n) is 19.8. The number of rotatable bonds is 10. The number of halogens is 1. The van der Waals surface area contributed by atoms with Crippen LogP contribution in [0.5, 0.6) is 11.5 Å². The van der Waals surface area contributed by atoms with E-state index in [9.17, 15) is 5.11 Å². The first-order valence-corrected chi connectivity index (χ1v) is 12.4. The van der Waals surface area contributed by atoms with Crippen molar-refractivity contribution in [3.63, 3.8) is 0 Å². The van der Waals surface area contributed by atoms with Crippen LogP contribution in [0.1, 0.15) is 36.8 Å². The molecule has 0 radical (unpaired) electrons. The molecular formula is C27H34ClN3O3. The first-order valence-electron chi connectivity index (χ1n) is 12.0. The molecule has 0 saturated carbocycles. The Bertz CT molecular complexity index is 1030. The number of hydrogen-bond donors (Lipinski definition) is 1. The van der Waals surface area contributed by atoms with Crippen LogP contribution in [0.15, 0.2) is 60.9 Å². The molecule has 0 aliphatic carbocycles. The van der Waals surface area contributed by atoms with Crippen molar-refractivity contribution in [3.05, 3.63) is 77.1 Å². The minimum absolute atomic E-state index is 0.260. The van der Waals surface area contributed by atoms with Crippen molar-refractivity contribution in [1.82, 2.24) is 14.7 Å². The highest BCUT2D eigenvalue weighted by molar-refractivity contribution is 6.32. The summed E-state index contributed by atoms with van der Waals surface area (Å²) >= 11 is 6.25. The third-order valence-electron chi connectivity index (χ3n) is 6.28. The molecule has 2 aromatic carbocycles. The number of hydrogen-bond acceptors (Lipinski definition) is 5. The summed E-state index contributed by atoms with van der Waals surface area (Å²) in [4.78, 5) is 2.40. The van der Waals surface area contributed by atoms with Gasteiger partial charge in [-0.25, -0.2) is 0 Å². The highest BCUT2D eigenvalue weighted by atomic mass is 35.5. The fraction of sp³-hybridized carbons (Fsp3) is 0.444. The van der Waals surface area contributed by atoms with E-state index in [1.54, 1.807) is 6.20 Å². The molecule has 34 heavy (non-hydrogen) atoms. The highest BCUT2D eigenvalue weighted by Gasteiger charge is 2.31. The van der Waals surface area contributed by atoms with Gasteiger partial charge in [-0.3, -0.25) is 9.58 Å². The molecule has 1 atom stereocenters. The second-order valence-electron chi connectivity index (χ2n) is 9.19. The van der Waals surface area contributed by atoms with Crippen LogP contribution in [0.4, 0.5) is 0 Å². The lowest BCUT2D eigenvalue weighted by atomic mass is 9.96. The van der Waals surface area contributed by atoms with Crippen LogP contribution in [0.3, 0.4) is 0 Å². The second-order valence-corrected chi connectivity index (χ2v) is 9.60. The van der Waals surface area contributed by atoms with Crippen molar-refractivity contribution < 1.29 is 14.6 Å². The predicted octanol–water partition coefficient (Wildman–Crippen LogP) is 5.11. The lowest BCUT2D eigenvalue weighted by Gasteiger charge is -2.27. The lowest BCUT2D eigenvalue weighted by molar-refractivity contribution is -0.0168. The highest BCUT2D eigenvalue weighted by Crippen LogP contribution is 2.29. The van der Waals surface area contributed by atoms with Crippen LogP contribution in [0.25, 0.3) is 0 Å². The van der Waals surface area contributed by atoms with E-state index in [-0.39, 0.29) is 6.61 Å². The zero-order valence-corrected chi connectivity index (χ0v) is 20.6. The fourth-order valence-corrected chi connectivity index (χ4v) is 4.44. The summed E-state index contributed by atoms with van der Waals surface area (Å²) in [5.74, 6) is 1.53. The maximum Gasteiger partial charge on any atom is 0.138 e. The molecule has 4 rings (SSSR count). The maximum absolute atomic E-state index is 11.1.